The van der Waals surface area contributed by atoms with Crippen LogP contribution in [-0.4, -0.2) is 17.9 Å². The predicted octanol–water partition coefficient (Wildman–Crippen LogP) is 4.16. The summed E-state index contributed by atoms with van der Waals surface area (Å²) in [7, 11) is 0. The number of nitrogens with two attached hydrogens (primary N) is 1. The largest absolute Gasteiger partial charge is 0.349 e. The summed E-state index contributed by atoms with van der Waals surface area (Å²) in [5, 5.41) is 0. The molecule has 30 heavy (non-hydrogen) atoms. The second-order valence-electron chi connectivity index (χ2n) is 8.48. The van der Waals surface area contributed by atoms with E-state index in [1.807, 2.05) is 51.1 Å². The monoisotopic (exact) mass is 432 g/mol. The molecule has 0 aliphatic rings. The SMILES string of the molecule is CC(C)(C)[C@H](N)C(=O)ONC(=O)Cc1ccc(CCCCc2ccccc2)cc1.Cl. The molecule has 0 saturated carbocycles. The lowest BCUT2D eigenvalue weighted by Crippen LogP contribution is -2.46. The summed E-state index contributed by atoms with van der Waals surface area (Å²) < 4.78 is 0. The molecule has 0 spiro atoms. The number of unbranched alkanes of at least 4 members (excludes halogenated alkanes) is 1. The van der Waals surface area contributed by atoms with E-state index in [1.165, 1.54) is 11.1 Å². The van der Waals surface area contributed by atoms with Gasteiger partial charge in [0.15, 0.2) is 0 Å². The molecular weight excluding hydrogens is 400 g/mol. The lowest BCUT2D eigenvalue weighted by atomic mass is 9.88. The van der Waals surface area contributed by atoms with Crippen LogP contribution in [0.2, 0.25) is 0 Å². The standard InChI is InChI=1S/C24H32N2O3.ClH/c1-24(2,3)22(25)23(28)29-26-21(27)17-20-15-13-19(14-16-20)12-8-7-11-18-9-5-4-6-10-18;/h4-6,9-10,13-16,22H,7-8,11-12,17,25H2,1-3H3,(H,26,27);1H/t22-;/m1./s1. The van der Waals surface area contributed by atoms with Crippen molar-refractivity contribution in [1.82, 2.24) is 5.48 Å². The lowest BCUT2D eigenvalue weighted by molar-refractivity contribution is -0.161. The van der Waals surface area contributed by atoms with E-state index >= 15 is 0 Å². The second-order valence-corrected chi connectivity index (χ2v) is 8.48. The van der Waals surface area contributed by atoms with Crippen LogP contribution in [0, 0.1) is 5.41 Å². The molecule has 2 aromatic carbocycles. The minimum Gasteiger partial charge on any atom is -0.339 e. The zero-order chi connectivity index (χ0) is 21.3. The van der Waals surface area contributed by atoms with Crippen LogP contribution in [-0.2, 0) is 33.7 Å². The summed E-state index contributed by atoms with van der Waals surface area (Å²) in [4.78, 5) is 28.7. The molecule has 0 saturated heterocycles. The predicted molar refractivity (Wildman–Crippen MR) is 122 cm³/mol. The van der Waals surface area contributed by atoms with Crippen LogP contribution in [0.1, 0.15) is 50.3 Å². The Balaban J connectivity index is 0.00000450. The maximum atomic E-state index is 12.0. The highest BCUT2D eigenvalue weighted by molar-refractivity contribution is 5.85. The maximum Gasteiger partial charge on any atom is 0.349 e. The van der Waals surface area contributed by atoms with Gasteiger partial charge in [-0.1, -0.05) is 75.4 Å². The second kappa shape index (κ2) is 12.4. The van der Waals surface area contributed by atoms with Crippen molar-refractivity contribution in [1.29, 1.82) is 0 Å². The minimum atomic E-state index is -0.802. The van der Waals surface area contributed by atoms with Crippen molar-refractivity contribution in [3.8, 4) is 0 Å². The van der Waals surface area contributed by atoms with Crippen LogP contribution in [0.25, 0.3) is 0 Å². The Morgan fingerprint density at radius 1 is 0.900 bits per heavy atom. The normalized spacial score (nSPS) is 11.9. The third kappa shape index (κ3) is 8.97. The molecule has 6 heteroatoms. The molecule has 1 amide bonds. The van der Waals surface area contributed by atoms with Crippen LogP contribution in [0.4, 0.5) is 0 Å². The average molecular weight is 433 g/mol. The molecule has 3 N–H and O–H groups in total. The molecule has 5 nitrogen and oxygen atoms in total. The summed E-state index contributed by atoms with van der Waals surface area (Å²) in [5.41, 5.74) is 11.1. The zero-order valence-corrected chi connectivity index (χ0v) is 18.8. The molecule has 0 aliphatic heterocycles. The fourth-order valence-electron chi connectivity index (χ4n) is 2.87. The molecule has 0 radical (unpaired) electrons. The van der Waals surface area contributed by atoms with Crippen LogP contribution < -0.4 is 11.2 Å². The van der Waals surface area contributed by atoms with Gasteiger partial charge in [0.25, 0.3) is 5.91 Å². The first-order chi connectivity index (χ1) is 13.8. The molecule has 0 bridgehead atoms. The van der Waals surface area contributed by atoms with Gasteiger partial charge in [0.1, 0.15) is 6.04 Å². The van der Waals surface area contributed by atoms with E-state index < -0.39 is 17.4 Å². The highest BCUT2D eigenvalue weighted by Crippen LogP contribution is 2.18. The van der Waals surface area contributed by atoms with E-state index in [9.17, 15) is 9.59 Å². The van der Waals surface area contributed by atoms with Crippen molar-refractivity contribution in [2.75, 3.05) is 0 Å². The fourth-order valence-corrected chi connectivity index (χ4v) is 2.87. The molecular formula is C24H33ClN2O3. The van der Waals surface area contributed by atoms with E-state index in [2.05, 4.69) is 29.7 Å². The number of amides is 1. The lowest BCUT2D eigenvalue weighted by Gasteiger charge is -2.24. The number of hydroxylamine groups is 1. The van der Waals surface area contributed by atoms with Gasteiger partial charge in [-0.2, -0.15) is 5.48 Å². The van der Waals surface area contributed by atoms with E-state index in [1.54, 1.807) is 0 Å². The minimum absolute atomic E-state index is 0. The summed E-state index contributed by atoms with van der Waals surface area (Å²) in [6.45, 7) is 5.51. The third-order valence-electron chi connectivity index (χ3n) is 4.86. The molecule has 0 aromatic heterocycles. The maximum absolute atomic E-state index is 12.0. The first kappa shape index (κ1) is 25.7. The van der Waals surface area contributed by atoms with Crippen molar-refractivity contribution < 1.29 is 14.4 Å². The Labute approximate surface area is 185 Å². The van der Waals surface area contributed by atoms with Crippen LogP contribution in [0.15, 0.2) is 54.6 Å². The van der Waals surface area contributed by atoms with E-state index in [-0.39, 0.29) is 24.7 Å². The first-order valence-electron chi connectivity index (χ1n) is 10.1. The summed E-state index contributed by atoms with van der Waals surface area (Å²) in [5.74, 6) is -1.02. The van der Waals surface area contributed by atoms with Gasteiger partial charge in [0.05, 0.1) is 6.42 Å². The molecule has 0 heterocycles. The molecule has 0 aliphatic carbocycles. The van der Waals surface area contributed by atoms with E-state index in [4.69, 9.17) is 10.6 Å². The van der Waals surface area contributed by atoms with Crippen molar-refractivity contribution in [3.63, 3.8) is 0 Å². The molecule has 1 atom stereocenters. The summed E-state index contributed by atoms with van der Waals surface area (Å²) in [6.07, 6.45) is 4.53. The van der Waals surface area contributed by atoms with Crippen molar-refractivity contribution >= 4 is 24.3 Å². The number of hydrogen-bond donors (Lipinski definition) is 2. The number of carbonyl (C=O) groups excluding carboxylic acids is 2. The average Bonchev–Trinajstić information content (AvgIpc) is 2.70. The molecule has 2 rings (SSSR count). The molecule has 164 valence electrons. The van der Waals surface area contributed by atoms with Crippen LogP contribution in [0.5, 0.6) is 0 Å². The van der Waals surface area contributed by atoms with Gasteiger partial charge in [-0.15, -0.1) is 12.4 Å². The number of carbonyl (C=O) groups is 2. The van der Waals surface area contributed by atoms with Gasteiger partial charge in [-0.3, -0.25) is 4.79 Å². The van der Waals surface area contributed by atoms with Gasteiger partial charge in [0, 0.05) is 0 Å². The molecule has 0 fully saturated rings. The first-order valence-corrected chi connectivity index (χ1v) is 10.1. The smallest absolute Gasteiger partial charge is 0.339 e. The van der Waals surface area contributed by atoms with Gasteiger partial charge >= 0.3 is 5.97 Å². The Bertz CT molecular complexity index is 786. The highest BCUT2D eigenvalue weighted by atomic mass is 35.5. The molecule has 0 unspecified atom stereocenters. The Hall–Kier alpha value is -2.37. The number of nitrogens with one attached hydrogen (secondary N) is 1. The van der Waals surface area contributed by atoms with Crippen molar-refractivity contribution in [2.45, 2.75) is 58.9 Å². The molecule has 2 aromatic rings. The van der Waals surface area contributed by atoms with Gasteiger partial charge in [0.2, 0.25) is 0 Å². The van der Waals surface area contributed by atoms with Crippen LogP contribution >= 0.6 is 12.4 Å². The number of aryl methyl sites for hydroxylation is 2. The van der Waals surface area contributed by atoms with Crippen LogP contribution in [0.3, 0.4) is 0 Å². The van der Waals surface area contributed by atoms with Gasteiger partial charge in [-0.05, 0) is 47.8 Å². The fraction of sp³-hybridized carbons (Fsp3) is 0.417. The van der Waals surface area contributed by atoms with Crippen molar-refractivity contribution in [2.24, 2.45) is 11.1 Å². The third-order valence-corrected chi connectivity index (χ3v) is 4.86. The Kier molecular flexibility index (Phi) is 10.6. The number of rotatable bonds is 8. The number of halogens is 1. The van der Waals surface area contributed by atoms with Gasteiger partial charge in [-0.25, -0.2) is 4.79 Å². The van der Waals surface area contributed by atoms with E-state index in [0.29, 0.717) is 0 Å². The Morgan fingerprint density at radius 3 is 1.93 bits per heavy atom. The topological polar surface area (TPSA) is 81.4 Å². The summed E-state index contributed by atoms with van der Waals surface area (Å²) >= 11 is 0. The zero-order valence-electron chi connectivity index (χ0n) is 18.0. The summed E-state index contributed by atoms with van der Waals surface area (Å²) in [6, 6.07) is 17.7. The highest BCUT2D eigenvalue weighted by Gasteiger charge is 2.29. The quantitative estimate of drug-likeness (QED) is 0.484. The van der Waals surface area contributed by atoms with E-state index in [0.717, 1.165) is 31.2 Å². The number of hydrogen-bond acceptors (Lipinski definition) is 4. The van der Waals surface area contributed by atoms with Gasteiger partial charge < -0.3 is 10.6 Å². The Morgan fingerprint density at radius 2 is 1.40 bits per heavy atom. The number of benzene rings is 2. The van der Waals surface area contributed by atoms with Crippen molar-refractivity contribution in [3.05, 3.63) is 71.3 Å².